The first-order chi connectivity index (χ1) is 13.4. The molecule has 1 aromatic rings. The first-order valence-electron chi connectivity index (χ1n) is 9.31. The Hall–Kier alpha value is -1.77. The summed E-state index contributed by atoms with van der Waals surface area (Å²) in [6.45, 7) is 6.16. The summed E-state index contributed by atoms with van der Waals surface area (Å²) < 4.78 is 49.5. The average molecular weight is 437 g/mol. The van der Waals surface area contributed by atoms with Crippen molar-refractivity contribution in [3.8, 4) is 0 Å². The van der Waals surface area contributed by atoms with Crippen molar-refractivity contribution in [2.24, 2.45) is 5.73 Å². The van der Waals surface area contributed by atoms with Crippen LogP contribution in [0.5, 0.6) is 0 Å². The molecule has 2 amide bonds. The minimum absolute atomic E-state index is 0.0723. The fraction of sp³-hybridized carbons (Fsp3) is 0.600. The molecular formula is C20H28F4N2O2S. The van der Waals surface area contributed by atoms with E-state index in [1.165, 1.54) is 30.2 Å². The van der Waals surface area contributed by atoms with Crippen molar-refractivity contribution in [1.82, 2.24) is 4.90 Å². The number of aryl methyl sites for hydroxylation is 2. The molecule has 0 radical (unpaired) electrons. The first-order valence-corrected chi connectivity index (χ1v) is 10.3. The van der Waals surface area contributed by atoms with Crippen LogP contribution in [0, 0.1) is 19.7 Å². The van der Waals surface area contributed by atoms with Gasteiger partial charge in [-0.15, -0.1) is 11.8 Å². The molecule has 2 fully saturated rings. The first kappa shape index (κ1) is 25.3. The minimum Gasteiger partial charge on any atom is -0.372 e. The van der Waals surface area contributed by atoms with Gasteiger partial charge < -0.3 is 10.6 Å². The predicted molar refractivity (Wildman–Crippen MR) is 107 cm³/mol. The van der Waals surface area contributed by atoms with Gasteiger partial charge in [0.05, 0.1) is 10.6 Å². The van der Waals surface area contributed by atoms with Gasteiger partial charge in [0, 0.05) is 0 Å². The van der Waals surface area contributed by atoms with Gasteiger partial charge in [0.15, 0.2) is 0 Å². The third kappa shape index (κ3) is 7.53. The van der Waals surface area contributed by atoms with Crippen molar-refractivity contribution < 1.29 is 27.2 Å². The molecule has 0 spiro atoms. The van der Waals surface area contributed by atoms with Crippen LogP contribution in [0.1, 0.15) is 55.7 Å². The van der Waals surface area contributed by atoms with Crippen LogP contribution in [-0.4, -0.2) is 40.6 Å². The molecule has 1 heterocycles. The number of carbonyl (C=O) groups is 2. The molecule has 0 aromatic heterocycles. The molecule has 29 heavy (non-hydrogen) atoms. The summed E-state index contributed by atoms with van der Waals surface area (Å²) in [7, 11) is 0. The summed E-state index contributed by atoms with van der Waals surface area (Å²) in [5, 5.41) is 0. The van der Waals surface area contributed by atoms with E-state index in [4.69, 9.17) is 4.79 Å². The zero-order valence-corrected chi connectivity index (χ0v) is 17.9. The lowest BCUT2D eigenvalue weighted by atomic mass is 10.0. The van der Waals surface area contributed by atoms with Crippen LogP contribution in [0.25, 0.3) is 0 Å². The van der Waals surface area contributed by atoms with Crippen molar-refractivity contribution in [2.45, 2.75) is 63.9 Å². The van der Waals surface area contributed by atoms with E-state index in [1.807, 2.05) is 19.9 Å². The van der Waals surface area contributed by atoms with Gasteiger partial charge in [-0.1, -0.05) is 13.0 Å². The zero-order chi connectivity index (χ0) is 22.4. The molecule has 4 nitrogen and oxygen atoms in total. The molecule has 0 bridgehead atoms. The summed E-state index contributed by atoms with van der Waals surface area (Å²) >= 11 is 1.28. The highest BCUT2D eigenvalue weighted by Gasteiger charge is 2.46. The lowest BCUT2D eigenvalue weighted by Gasteiger charge is -2.33. The van der Waals surface area contributed by atoms with E-state index < -0.39 is 23.5 Å². The van der Waals surface area contributed by atoms with E-state index in [9.17, 15) is 22.4 Å². The Labute approximate surface area is 173 Å². The van der Waals surface area contributed by atoms with Gasteiger partial charge in [-0.2, -0.15) is 13.2 Å². The van der Waals surface area contributed by atoms with Gasteiger partial charge in [0.1, 0.15) is 12.4 Å². The number of halogens is 4. The third-order valence-electron chi connectivity index (χ3n) is 4.94. The Balaban J connectivity index is 0.000000257. The summed E-state index contributed by atoms with van der Waals surface area (Å²) in [5.74, 6) is 0.387. The van der Waals surface area contributed by atoms with Gasteiger partial charge in [0.25, 0.3) is 0 Å². The summed E-state index contributed by atoms with van der Waals surface area (Å²) in [6.07, 6.45) is -0.964. The molecule has 1 unspecified atom stereocenters. The number of amides is 2. The number of carbonyl (C=O) groups excluding carboxylic acids is 2. The number of alkyl halides is 3. The van der Waals surface area contributed by atoms with E-state index >= 15 is 0 Å². The summed E-state index contributed by atoms with van der Waals surface area (Å²) in [5.41, 5.74) is 7.41. The number of nitrogens with two attached hydrogens (primary N) is 1. The SMILES string of the molecule is CCC1(C)SCC(=O)N1CC(F)(F)F.Cc1cc(C2CC2)c(C)cc1F.NC=O. The lowest BCUT2D eigenvalue weighted by molar-refractivity contribution is -0.164. The highest BCUT2D eigenvalue weighted by atomic mass is 32.2. The second-order valence-electron chi connectivity index (χ2n) is 7.28. The van der Waals surface area contributed by atoms with E-state index in [1.54, 1.807) is 19.9 Å². The van der Waals surface area contributed by atoms with Crippen LogP contribution in [-0.2, 0) is 9.59 Å². The standard InChI is InChI=1S/C11H13F.C8H12F3NOS.CH3NO/c1-7-6-11(12)8(2)5-10(7)9-3-4-9;1-3-7(2)12(5-8(9,10)11)6(13)4-14-7;2-1-3/h5-6,9H,3-4H2,1-2H3;3-5H2,1-2H3;1H,(H2,2,3). The second-order valence-corrected chi connectivity index (χ2v) is 8.74. The summed E-state index contributed by atoms with van der Waals surface area (Å²) in [6, 6.07) is 3.66. The fourth-order valence-electron chi connectivity index (χ4n) is 3.00. The second kappa shape index (κ2) is 10.3. The van der Waals surface area contributed by atoms with Crippen molar-refractivity contribution in [3.63, 3.8) is 0 Å². The zero-order valence-electron chi connectivity index (χ0n) is 17.1. The number of benzene rings is 1. The number of hydrogen-bond donors (Lipinski definition) is 1. The smallest absolute Gasteiger partial charge is 0.372 e. The number of primary amides is 1. The molecule has 1 aliphatic carbocycles. The van der Waals surface area contributed by atoms with Crippen LogP contribution in [0.3, 0.4) is 0 Å². The topological polar surface area (TPSA) is 63.4 Å². The van der Waals surface area contributed by atoms with Gasteiger partial charge in [-0.3, -0.25) is 9.59 Å². The molecule has 164 valence electrons. The maximum absolute atomic E-state index is 13.0. The van der Waals surface area contributed by atoms with Crippen LogP contribution in [0.4, 0.5) is 17.6 Å². The molecule has 1 aromatic carbocycles. The van der Waals surface area contributed by atoms with Gasteiger partial charge in [-0.25, -0.2) is 4.39 Å². The minimum atomic E-state index is -4.31. The predicted octanol–water partition coefficient (Wildman–Crippen LogP) is 4.67. The van der Waals surface area contributed by atoms with Crippen LogP contribution < -0.4 is 5.73 Å². The van der Waals surface area contributed by atoms with E-state index in [0.717, 1.165) is 21.9 Å². The van der Waals surface area contributed by atoms with Gasteiger partial charge in [0.2, 0.25) is 12.3 Å². The van der Waals surface area contributed by atoms with Crippen LogP contribution in [0.2, 0.25) is 0 Å². The van der Waals surface area contributed by atoms with Crippen molar-refractivity contribution in [2.75, 3.05) is 12.3 Å². The average Bonchev–Trinajstić information content (AvgIpc) is 3.42. The van der Waals surface area contributed by atoms with Crippen molar-refractivity contribution in [1.29, 1.82) is 0 Å². The Morgan fingerprint density at radius 2 is 1.83 bits per heavy atom. The number of thioether (sulfide) groups is 1. The highest BCUT2D eigenvalue weighted by molar-refractivity contribution is 8.01. The normalized spacial score (nSPS) is 21.1. The van der Waals surface area contributed by atoms with E-state index in [0.29, 0.717) is 6.42 Å². The molecule has 2 aliphatic rings. The molecule has 1 saturated carbocycles. The van der Waals surface area contributed by atoms with E-state index in [2.05, 4.69) is 5.73 Å². The molecule has 1 atom stereocenters. The van der Waals surface area contributed by atoms with Gasteiger partial charge in [-0.05, 0) is 68.7 Å². The molecule has 2 N–H and O–H groups in total. The monoisotopic (exact) mass is 436 g/mol. The molecule has 3 rings (SSSR count). The highest BCUT2D eigenvalue weighted by Crippen LogP contribution is 2.42. The van der Waals surface area contributed by atoms with Gasteiger partial charge >= 0.3 is 6.18 Å². The lowest BCUT2D eigenvalue weighted by Crippen LogP contribution is -2.46. The quantitative estimate of drug-likeness (QED) is 0.553. The Morgan fingerprint density at radius 1 is 1.28 bits per heavy atom. The Kier molecular flexibility index (Phi) is 8.99. The molecule has 1 saturated heterocycles. The third-order valence-corrected chi connectivity index (χ3v) is 6.46. The number of nitrogens with zero attached hydrogens (tertiary/aromatic N) is 1. The van der Waals surface area contributed by atoms with Crippen molar-refractivity contribution in [3.05, 3.63) is 34.6 Å². The maximum Gasteiger partial charge on any atom is 0.406 e. The number of rotatable bonds is 3. The van der Waals surface area contributed by atoms with Crippen LogP contribution >= 0.6 is 11.8 Å². The molecule has 1 aliphatic heterocycles. The fourth-order valence-corrected chi connectivity index (χ4v) is 4.12. The Morgan fingerprint density at radius 3 is 2.28 bits per heavy atom. The molecule has 9 heteroatoms. The molecular weight excluding hydrogens is 408 g/mol. The number of hydrogen-bond acceptors (Lipinski definition) is 3. The Bertz CT molecular complexity index is 723. The van der Waals surface area contributed by atoms with Crippen molar-refractivity contribution >= 4 is 24.1 Å². The van der Waals surface area contributed by atoms with Crippen LogP contribution in [0.15, 0.2) is 12.1 Å². The largest absolute Gasteiger partial charge is 0.406 e. The maximum atomic E-state index is 13.0. The van der Waals surface area contributed by atoms with E-state index in [-0.39, 0.29) is 18.0 Å². The summed E-state index contributed by atoms with van der Waals surface area (Å²) in [4.78, 5) is 20.1.